The summed E-state index contributed by atoms with van der Waals surface area (Å²) in [7, 11) is 2.09. The first-order valence-electron chi connectivity index (χ1n) is 10.9. The highest BCUT2D eigenvalue weighted by molar-refractivity contribution is 6.39. The number of fused-ring (bicyclic) bond motifs is 1. The Balaban J connectivity index is 1.73. The molecule has 0 spiro atoms. The molecule has 2 aromatic rings. The molecule has 0 aliphatic carbocycles. The van der Waals surface area contributed by atoms with E-state index in [0.29, 0.717) is 11.6 Å². The van der Waals surface area contributed by atoms with Crippen molar-refractivity contribution >= 4 is 35.3 Å². The molecule has 1 saturated heterocycles. The molecule has 0 radical (unpaired) electrons. The fourth-order valence-electron chi connectivity index (χ4n) is 4.61. The van der Waals surface area contributed by atoms with Crippen LogP contribution in [0, 0.1) is 13.8 Å². The van der Waals surface area contributed by atoms with Crippen molar-refractivity contribution in [3.05, 3.63) is 64.2 Å². The van der Waals surface area contributed by atoms with E-state index in [-0.39, 0.29) is 11.1 Å². The monoisotopic (exact) mass is 431 g/mol. The average Bonchev–Trinajstić information content (AvgIpc) is 2.71. The molecule has 6 heteroatoms. The van der Waals surface area contributed by atoms with Crippen molar-refractivity contribution in [2.45, 2.75) is 52.5 Å². The van der Waals surface area contributed by atoms with Gasteiger partial charge in [-0.1, -0.05) is 19.1 Å². The Morgan fingerprint density at radius 1 is 1.03 bits per heavy atom. The van der Waals surface area contributed by atoms with Crippen LogP contribution in [0.4, 0.5) is 16.2 Å². The summed E-state index contributed by atoms with van der Waals surface area (Å²) in [5.41, 5.74) is 5.56. The number of amides is 4. The van der Waals surface area contributed by atoms with Gasteiger partial charge in [-0.3, -0.25) is 14.9 Å². The number of urea groups is 1. The minimum absolute atomic E-state index is 0.0542. The number of aryl methyl sites for hydroxylation is 2. The van der Waals surface area contributed by atoms with Crippen molar-refractivity contribution in [1.82, 2.24) is 5.32 Å². The largest absolute Gasteiger partial charge is 0.369 e. The third-order valence-electron chi connectivity index (χ3n) is 6.82. The molecule has 2 aliphatic rings. The molecule has 0 saturated carbocycles. The molecule has 2 aromatic carbocycles. The van der Waals surface area contributed by atoms with Crippen molar-refractivity contribution in [1.29, 1.82) is 0 Å². The molecular weight excluding hydrogens is 402 g/mol. The fourth-order valence-corrected chi connectivity index (χ4v) is 4.61. The van der Waals surface area contributed by atoms with Gasteiger partial charge in [0.05, 0.1) is 5.69 Å². The van der Waals surface area contributed by atoms with Crippen molar-refractivity contribution in [2.75, 3.05) is 16.8 Å². The normalized spacial score (nSPS) is 21.6. The van der Waals surface area contributed by atoms with Crippen LogP contribution in [0.2, 0.25) is 0 Å². The molecule has 4 rings (SSSR count). The van der Waals surface area contributed by atoms with E-state index >= 15 is 0 Å². The highest BCUT2D eigenvalue weighted by Crippen LogP contribution is 2.42. The molecule has 32 heavy (non-hydrogen) atoms. The summed E-state index contributed by atoms with van der Waals surface area (Å²) in [4.78, 5) is 41.5. The molecule has 1 atom stereocenters. The summed E-state index contributed by atoms with van der Waals surface area (Å²) in [6.45, 7) is 10.5. The van der Waals surface area contributed by atoms with Crippen LogP contribution < -0.4 is 15.1 Å². The summed E-state index contributed by atoms with van der Waals surface area (Å²) < 4.78 is 0. The average molecular weight is 432 g/mol. The molecule has 1 N–H and O–H groups in total. The Bertz CT molecular complexity index is 1180. The third-order valence-corrected chi connectivity index (χ3v) is 6.82. The van der Waals surface area contributed by atoms with Gasteiger partial charge in [0, 0.05) is 18.3 Å². The van der Waals surface area contributed by atoms with E-state index in [2.05, 4.69) is 38.0 Å². The van der Waals surface area contributed by atoms with E-state index in [1.165, 1.54) is 5.56 Å². The maximum absolute atomic E-state index is 13.2. The van der Waals surface area contributed by atoms with Gasteiger partial charge in [-0.25, -0.2) is 9.69 Å². The van der Waals surface area contributed by atoms with Crippen molar-refractivity contribution < 1.29 is 14.4 Å². The number of anilines is 2. The van der Waals surface area contributed by atoms with E-state index in [4.69, 9.17) is 0 Å². The maximum atomic E-state index is 13.2. The Morgan fingerprint density at radius 2 is 1.75 bits per heavy atom. The number of carbonyl (C=O) groups excluding carboxylic acids is 3. The third kappa shape index (κ3) is 3.60. The SMILES string of the molecule is Cc1ccc(N2C(=O)NC(=O)/C(=C\c3ccc4c(c3)C(C)CC(C)(C)N4C)C2=O)cc1C. The van der Waals surface area contributed by atoms with Gasteiger partial charge in [0.25, 0.3) is 11.8 Å². The predicted octanol–water partition coefficient (Wildman–Crippen LogP) is 4.69. The first kappa shape index (κ1) is 21.8. The van der Waals surface area contributed by atoms with Crippen LogP contribution in [0.5, 0.6) is 0 Å². The van der Waals surface area contributed by atoms with Gasteiger partial charge in [-0.15, -0.1) is 0 Å². The van der Waals surface area contributed by atoms with Gasteiger partial charge in [0.1, 0.15) is 5.57 Å². The number of carbonyl (C=O) groups is 3. The minimum atomic E-state index is -0.733. The molecule has 0 aromatic heterocycles. The second-order valence-electron chi connectivity index (χ2n) is 9.52. The molecule has 0 bridgehead atoms. The van der Waals surface area contributed by atoms with E-state index in [1.54, 1.807) is 18.2 Å². The lowest BCUT2D eigenvalue weighted by atomic mass is 9.80. The first-order chi connectivity index (χ1) is 15.0. The molecule has 2 aliphatic heterocycles. The molecule has 1 unspecified atom stereocenters. The lowest BCUT2D eigenvalue weighted by Gasteiger charge is -2.45. The van der Waals surface area contributed by atoms with Crippen LogP contribution in [0.25, 0.3) is 6.08 Å². The second kappa shape index (κ2) is 7.62. The van der Waals surface area contributed by atoms with Crippen LogP contribution in [0.15, 0.2) is 42.0 Å². The lowest BCUT2D eigenvalue weighted by molar-refractivity contribution is -0.122. The highest BCUT2D eigenvalue weighted by Gasteiger charge is 2.37. The maximum Gasteiger partial charge on any atom is 0.335 e. The number of hydrogen-bond acceptors (Lipinski definition) is 4. The molecule has 2 heterocycles. The number of barbiturate groups is 1. The topological polar surface area (TPSA) is 69.7 Å². The molecular formula is C26H29N3O3. The van der Waals surface area contributed by atoms with Gasteiger partial charge in [0.2, 0.25) is 0 Å². The summed E-state index contributed by atoms with van der Waals surface area (Å²) in [6, 6.07) is 10.6. The smallest absolute Gasteiger partial charge is 0.335 e. The Kier molecular flexibility index (Phi) is 5.19. The van der Waals surface area contributed by atoms with Crippen LogP contribution in [0.3, 0.4) is 0 Å². The number of rotatable bonds is 2. The second-order valence-corrected chi connectivity index (χ2v) is 9.52. The number of hydrogen-bond donors (Lipinski definition) is 1. The number of imide groups is 2. The Hall–Kier alpha value is -3.41. The minimum Gasteiger partial charge on any atom is -0.369 e. The van der Waals surface area contributed by atoms with Crippen molar-refractivity contribution in [3.8, 4) is 0 Å². The van der Waals surface area contributed by atoms with E-state index in [1.807, 2.05) is 38.1 Å². The van der Waals surface area contributed by atoms with Crippen LogP contribution in [-0.4, -0.2) is 30.4 Å². The predicted molar refractivity (Wildman–Crippen MR) is 127 cm³/mol. The van der Waals surface area contributed by atoms with Crippen molar-refractivity contribution in [3.63, 3.8) is 0 Å². The summed E-state index contributed by atoms with van der Waals surface area (Å²) in [6.07, 6.45) is 2.58. The zero-order valence-corrected chi connectivity index (χ0v) is 19.4. The Morgan fingerprint density at radius 3 is 2.44 bits per heavy atom. The standard InChI is InChI=1S/C26H29N3O3/c1-15-7-9-19(11-16(15)2)29-24(31)21(23(30)27-25(29)32)13-18-8-10-22-20(12-18)17(3)14-26(4,5)28(22)6/h7-13,17H,14H2,1-6H3,(H,27,30,32)/b21-13+. The van der Waals surface area contributed by atoms with Crippen molar-refractivity contribution in [2.24, 2.45) is 0 Å². The van der Waals surface area contributed by atoms with Gasteiger partial charge < -0.3 is 4.90 Å². The van der Waals surface area contributed by atoms with E-state index in [9.17, 15) is 14.4 Å². The van der Waals surface area contributed by atoms with Crippen LogP contribution in [0.1, 0.15) is 55.4 Å². The van der Waals surface area contributed by atoms with Crippen LogP contribution in [-0.2, 0) is 9.59 Å². The van der Waals surface area contributed by atoms with E-state index in [0.717, 1.165) is 33.7 Å². The molecule has 4 amide bonds. The fraction of sp³-hybridized carbons (Fsp3) is 0.346. The lowest BCUT2D eigenvalue weighted by Crippen LogP contribution is -2.54. The summed E-state index contributed by atoms with van der Waals surface area (Å²) in [5, 5.41) is 2.30. The van der Waals surface area contributed by atoms with Crippen LogP contribution >= 0.6 is 0 Å². The Labute approximate surface area is 188 Å². The molecule has 1 fully saturated rings. The summed E-state index contributed by atoms with van der Waals surface area (Å²) >= 11 is 0. The zero-order valence-electron chi connectivity index (χ0n) is 19.4. The van der Waals surface area contributed by atoms with Gasteiger partial charge in [0.15, 0.2) is 0 Å². The van der Waals surface area contributed by atoms with Gasteiger partial charge in [-0.05, 0) is 92.6 Å². The highest BCUT2D eigenvalue weighted by atomic mass is 16.2. The number of nitrogens with one attached hydrogen (secondary N) is 1. The van der Waals surface area contributed by atoms with Gasteiger partial charge >= 0.3 is 6.03 Å². The molecule has 6 nitrogen and oxygen atoms in total. The number of nitrogens with zero attached hydrogens (tertiary/aromatic N) is 2. The van der Waals surface area contributed by atoms with Gasteiger partial charge in [-0.2, -0.15) is 0 Å². The molecule has 166 valence electrons. The first-order valence-corrected chi connectivity index (χ1v) is 10.9. The van der Waals surface area contributed by atoms with E-state index < -0.39 is 17.8 Å². The number of benzene rings is 2. The zero-order chi connectivity index (χ0) is 23.4. The summed E-state index contributed by atoms with van der Waals surface area (Å²) in [5.74, 6) is -0.950. The quantitative estimate of drug-likeness (QED) is 0.553.